The monoisotopic (exact) mass is 306 g/mol. The van der Waals surface area contributed by atoms with Crippen LogP contribution in [0.4, 0.5) is 5.95 Å². The molecule has 22 heavy (non-hydrogen) atoms. The molecule has 120 valence electrons. The van der Waals surface area contributed by atoms with Gasteiger partial charge >= 0.3 is 5.97 Å². The normalized spacial score (nSPS) is 16.1. The number of aromatic nitrogens is 2. The van der Waals surface area contributed by atoms with Crippen LogP contribution in [0.15, 0.2) is 18.5 Å². The van der Waals surface area contributed by atoms with E-state index in [1.165, 1.54) is 0 Å². The van der Waals surface area contributed by atoms with E-state index in [0.717, 1.165) is 25.7 Å². The lowest BCUT2D eigenvalue weighted by atomic mass is 10.2. The minimum atomic E-state index is -0.793. The second kappa shape index (κ2) is 7.72. The molecule has 0 aromatic carbocycles. The number of hydrogen-bond acceptors (Lipinski definition) is 6. The second-order valence-electron chi connectivity index (χ2n) is 5.53. The molecule has 0 unspecified atom stereocenters. The van der Waals surface area contributed by atoms with Gasteiger partial charge in [0.2, 0.25) is 5.95 Å². The predicted octanol–water partition coefficient (Wildman–Crippen LogP) is 0.903. The highest BCUT2D eigenvalue weighted by molar-refractivity contribution is 5.84. The van der Waals surface area contributed by atoms with E-state index in [9.17, 15) is 9.59 Å². The van der Waals surface area contributed by atoms with Crippen LogP contribution < -0.4 is 10.2 Å². The van der Waals surface area contributed by atoms with E-state index >= 15 is 0 Å². The second-order valence-corrected chi connectivity index (χ2v) is 5.53. The van der Waals surface area contributed by atoms with Crippen LogP contribution in [0, 0.1) is 0 Å². The smallest absolute Gasteiger partial charge is 0.326 e. The molecule has 2 rings (SSSR count). The summed E-state index contributed by atoms with van der Waals surface area (Å²) >= 11 is 0. The Morgan fingerprint density at radius 2 is 2.00 bits per heavy atom. The molecule has 1 saturated carbocycles. The molecule has 7 nitrogen and oxygen atoms in total. The van der Waals surface area contributed by atoms with Gasteiger partial charge in [0.15, 0.2) is 6.10 Å². The van der Waals surface area contributed by atoms with Gasteiger partial charge in [0.05, 0.1) is 0 Å². The molecule has 0 spiro atoms. The lowest BCUT2D eigenvalue weighted by Crippen LogP contribution is -2.42. The van der Waals surface area contributed by atoms with E-state index in [0.29, 0.717) is 5.95 Å². The van der Waals surface area contributed by atoms with Gasteiger partial charge in [0.25, 0.3) is 5.91 Å². The third-order valence-electron chi connectivity index (χ3n) is 3.64. The number of esters is 1. The first-order chi connectivity index (χ1) is 10.6. The molecule has 0 saturated heterocycles. The molecule has 1 aliphatic carbocycles. The molecule has 1 aliphatic rings. The zero-order valence-electron chi connectivity index (χ0n) is 13.0. The molecule has 0 radical (unpaired) electrons. The van der Waals surface area contributed by atoms with Crippen LogP contribution in [0.2, 0.25) is 0 Å². The van der Waals surface area contributed by atoms with Crippen molar-refractivity contribution < 1.29 is 14.3 Å². The molecule has 1 N–H and O–H groups in total. The van der Waals surface area contributed by atoms with Gasteiger partial charge in [0.1, 0.15) is 6.54 Å². The molecule has 7 heteroatoms. The maximum atomic E-state index is 12.0. The average Bonchev–Trinajstić information content (AvgIpc) is 3.00. The van der Waals surface area contributed by atoms with Crippen molar-refractivity contribution in [2.24, 2.45) is 0 Å². The van der Waals surface area contributed by atoms with Gasteiger partial charge in [0, 0.05) is 25.5 Å². The van der Waals surface area contributed by atoms with Crippen LogP contribution in [0.5, 0.6) is 0 Å². The first kappa shape index (κ1) is 16.2. The summed E-state index contributed by atoms with van der Waals surface area (Å²) in [5.41, 5.74) is 0. The zero-order chi connectivity index (χ0) is 15.9. The van der Waals surface area contributed by atoms with Gasteiger partial charge in [-0.25, -0.2) is 9.97 Å². The van der Waals surface area contributed by atoms with Crippen molar-refractivity contribution >= 4 is 17.8 Å². The van der Waals surface area contributed by atoms with Crippen LogP contribution in [0.3, 0.4) is 0 Å². The van der Waals surface area contributed by atoms with Gasteiger partial charge in [-0.1, -0.05) is 12.8 Å². The first-order valence-electron chi connectivity index (χ1n) is 7.54. The highest BCUT2D eigenvalue weighted by Crippen LogP contribution is 2.17. The van der Waals surface area contributed by atoms with Crippen molar-refractivity contribution in [3.05, 3.63) is 18.5 Å². The van der Waals surface area contributed by atoms with Crippen molar-refractivity contribution in [3.8, 4) is 0 Å². The van der Waals surface area contributed by atoms with Crippen LogP contribution in [0.1, 0.15) is 32.6 Å². The lowest BCUT2D eigenvalue weighted by Gasteiger charge is -2.19. The van der Waals surface area contributed by atoms with E-state index in [1.54, 1.807) is 37.3 Å². The van der Waals surface area contributed by atoms with Gasteiger partial charge in [-0.05, 0) is 25.8 Å². The molecule has 1 aromatic rings. The number of ether oxygens (including phenoxy) is 1. The maximum Gasteiger partial charge on any atom is 0.326 e. The fourth-order valence-corrected chi connectivity index (χ4v) is 2.43. The van der Waals surface area contributed by atoms with E-state index in [-0.39, 0.29) is 18.5 Å². The third kappa shape index (κ3) is 4.68. The zero-order valence-corrected chi connectivity index (χ0v) is 13.0. The molecule has 1 fully saturated rings. The number of likely N-dealkylation sites (N-methyl/N-ethyl adjacent to an activating group) is 1. The van der Waals surface area contributed by atoms with Crippen molar-refractivity contribution in [3.63, 3.8) is 0 Å². The third-order valence-corrected chi connectivity index (χ3v) is 3.64. The van der Waals surface area contributed by atoms with Gasteiger partial charge in [-0.15, -0.1) is 0 Å². The Kier molecular flexibility index (Phi) is 5.68. The molecular weight excluding hydrogens is 284 g/mol. The summed E-state index contributed by atoms with van der Waals surface area (Å²) in [6.07, 6.45) is 6.69. The van der Waals surface area contributed by atoms with Crippen LogP contribution in [0.25, 0.3) is 0 Å². The number of nitrogens with one attached hydrogen (secondary N) is 1. The number of carbonyl (C=O) groups excluding carboxylic acids is 2. The Bertz CT molecular complexity index is 503. The number of rotatable bonds is 6. The number of carbonyl (C=O) groups is 2. The topological polar surface area (TPSA) is 84.4 Å². The number of anilines is 1. The van der Waals surface area contributed by atoms with Crippen molar-refractivity contribution in [2.45, 2.75) is 44.8 Å². The fourth-order valence-electron chi connectivity index (χ4n) is 2.43. The molecule has 1 amide bonds. The number of hydrogen-bond donors (Lipinski definition) is 1. The summed E-state index contributed by atoms with van der Waals surface area (Å²) in [7, 11) is 1.69. The largest absolute Gasteiger partial charge is 0.451 e. The van der Waals surface area contributed by atoms with Gasteiger partial charge in [-0.3, -0.25) is 9.59 Å². The molecule has 0 bridgehead atoms. The van der Waals surface area contributed by atoms with Gasteiger partial charge in [-0.2, -0.15) is 0 Å². The van der Waals surface area contributed by atoms with Crippen molar-refractivity contribution in [2.75, 3.05) is 18.5 Å². The summed E-state index contributed by atoms with van der Waals surface area (Å²) < 4.78 is 5.17. The SMILES string of the molecule is C[C@H](OC(=O)CN(C)c1ncccn1)C(=O)NC1CCCC1. The van der Waals surface area contributed by atoms with Crippen LogP contribution >= 0.6 is 0 Å². The van der Waals surface area contributed by atoms with Gasteiger partial charge < -0.3 is 15.0 Å². The highest BCUT2D eigenvalue weighted by atomic mass is 16.5. The Balaban J connectivity index is 1.76. The highest BCUT2D eigenvalue weighted by Gasteiger charge is 2.23. The molecule has 0 aliphatic heterocycles. The van der Waals surface area contributed by atoms with Crippen LogP contribution in [-0.2, 0) is 14.3 Å². The summed E-state index contributed by atoms with van der Waals surface area (Å²) in [4.78, 5) is 33.5. The molecular formula is C15H22N4O3. The summed E-state index contributed by atoms with van der Waals surface area (Å²) in [6.45, 7) is 1.58. The molecule has 1 aromatic heterocycles. The Morgan fingerprint density at radius 3 is 2.64 bits per heavy atom. The van der Waals surface area contributed by atoms with E-state index in [1.807, 2.05) is 0 Å². The van der Waals surface area contributed by atoms with E-state index in [2.05, 4.69) is 15.3 Å². The quantitative estimate of drug-likeness (QED) is 0.786. The van der Waals surface area contributed by atoms with Crippen molar-refractivity contribution in [1.29, 1.82) is 0 Å². The molecule has 1 atom stereocenters. The number of amides is 1. The van der Waals surface area contributed by atoms with Crippen LogP contribution in [-0.4, -0.2) is 47.6 Å². The fraction of sp³-hybridized carbons (Fsp3) is 0.600. The standard InChI is InChI=1S/C15H22N4O3/c1-11(14(21)18-12-6-3-4-7-12)22-13(20)10-19(2)15-16-8-5-9-17-15/h5,8-9,11-12H,3-4,6-7,10H2,1-2H3,(H,18,21)/t11-/m0/s1. The minimum Gasteiger partial charge on any atom is -0.451 e. The van der Waals surface area contributed by atoms with Crippen molar-refractivity contribution in [1.82, 2.24) is 15.3 Å². The lowest BCUT2D eigenvalue weighted by molar-refractivity contribution is -0.153. The number of nitrogens with zero attached hydrogens (tertiary/aromatic N) is 3. The summed E-state index contributed by atoms with van der Waals surface area (Å²) in [6, 6.07) is 1.92. The first-order valence-corrected chi connectivity index (χ1v) is 7.54. The maximum absolute atomic E-state index is 12.0. The molecule has 1 heterocycles. The predicted molar refractivity (Wildman–Crippen MR) is 81.3 cm³/mol. The Morgan fingerprint density at radius 1 is 1.36 bits per heavy atom. The Hall–Kier alpha value is -2.18. The Labute approximate surface area is 130 Å². The average molecular weight is 306 g/mol. The van der Waals surface area contributed by atoms with E-state index in [4.69, 9.17) is 4.74 Å². The summed E-state index contributed by atoms with van der Waals surface area (Å²) in [5, 5.41) is 2.91. The summed E-state index contributed by atoms with van der Waals surface area (Å²) in [5.74, 6) is -0.287. The van der Waals surface area contributed by atoms with E-state index < -0.39 is 12.1 Å². The minimum absolute atomic E-state index is 0.00887.